The lowest BCUT2D eigenvalue weighted by Crippen LogP contribution is -2.49. The Morgan fingerprint density at radius 3 is 2.61 bits per heavy atom. The first-order valence-corrected chi connectivity index (χ1v) is 7.86. The van der Waals surface area contributed by atoms with Gasteiger partial charge in [0.05, 0.1) is 6.04 Å². The Bertz CT molecular complexity index is 727. The Labute approximate surface area is 134 Å². The lowest BCUT2D eigenvalue weighted by Gasteiger charge is -2.38. The number of aromatic nitrogens is 4. The predicted molar refractivity (Wildman–Crippen MR) is 84.9 cm³/mol. The molecule has 23 heavy (non-hydrogen) atoms. The molecule has 2 fully saturated rings. The van der Waals surface area contributed by atoms with Crippen LogP contribution >= 0.6 is 0 Å². The van der Waals surface area contributed by atoms with Gasteiger partial charge in [0.2, 0.25) is 5.95 Å². The van der Waals surface area contributed by atoms with E-state index in [1.54, 1.807) is 24.8 Å². The third-order valence-electron chi connectivity index (χ3n) is 4.75. The summed E-state index contributed by atoms with van der Waals surface area (Å²) >= 11 is 0. The number of piperidine rings is 1. The van der Waals surface area contributed by atoms with E-state index in [2.05, 4.69) is 35.8 Å². The molecule has 4 heterocycles. The molecule has 0 bridgehead atoms. The molecule has 2 aliphatic rings. The molecule has 2 aromatic heterocycles. The highest BCUT2D eigenvalue weighted by Gasteiger charge is 2.40. The minimum Gasteiger partial charge on any atom is -0.349 e. The van der Waals surface area contributed by atoms with E-state index in [1.807, 2.05) is 6.07 Å². The molecule has 2 aliphatic heterocycles. The van der Waals surface area contributed by atoms with Gasteiger partial charge in [0, 0.05) is 44.4 Å². The second-order valence-electron chi connectivity index (χ2n) is 5.93. The van der Waals surface area contributed by atoms with Gasteiger partial charge in [-0.3, -0.25) is 0 Å². The summed E-state index contributed by atoms with van der Waals surface area (Å²) < 4.78 is 0. The summed E-state index contributed by atoms with van der Waals surface area (Å²) in [6, 6.07) is 4.32. The van der Waals surface area contributed by atoms with E-state index in [9.17, 15) is 5.26 Å². The minimum atomic E-state index is 0.330. The van der Waals surface area contributed by atoms with Crippen LogP contribution in [-0.2, 0) is 0 Å². The quantitative estimate of drug-likeness (QED) is 0.825. The van der Waals surface area contributed by atoms with Crippen molar-refractivity contribution in [3.8, 4) is 6.07 Å². The fourth-order valence-electron chi connectivity index (χ4n) is 3.66. The van der Waals surface area contributed by atoms with E-state index in [0.29, 0.717) is 23.5 Å². The van der Waals surface area contributed by atoms with Gasteiger partial charge in [-0.2, -0.15) is 5.26 Å². The van der Waals surface area contributed by atoms with Gasteiger partial charge in [0.1, 0.15) is 6.07 Å². The number of hydrogen-bond acceptors (Lipinski definition) is 7. The molecule has 7 nitrogen and oxygen atoms in total. The highest BCUT2D eigenvalue weighted by Crippen LogP contribution is 2.35. The van der Waals surface area contributed by atoms with Crippen LogP contribution in [-0.4, -0.2) is 45.6 Å². The van der Waals surface area contributed by atoms with Crippen molar-refractivity contribution in [3.63, 3.8) is 0 Å². The Morgan fingerprint density at radius 1 is 1.00 bits per heavy atom. The first kappa shape index (κ1) is 13.9. The Kier molecular flexibility index (Phi) is 3.50. The molecule has 116 valence electrons. The van der Waals surface area contributed by atoms with Crippen molar-refractivity contribution in [3.05, 3.63) is 36.5 Å². The molecular formula is C16H17N7. The smallest absolute Gasteiger partial charge is 0.225 e. The average Bonchev–Trinajstić information content (AvgIpc) is 3.05. The van der Waals surface area contributed by atoms with E-state index in [4.69, 9.17) is 0 Å². The summed E-state index contributed by atoms with van der Waals surface area (Å²) in [6.45, 7) is 2.76. The maximum Gasteiger partial charge on any atom is 0.225 e. The van der Waals surface area contributed by atoms with Crippen LogP contribution in [0.4, 0.5) is 11.8 Å². The van der Waals surface area contributed by atoms with Gasteiger partial charge in [-0.15, -0.1) is 0 Å². The molecule has 7 heteroatoms. The molecular weight excluding hydrogens is 290 g/mol. The van der Waals surface area contributed by atoms with Crippen LogP contribution in [0.25, 0.3) is 0 Å². The zero-order valence-electron chi connectivity index (χ0n) is 12.7. The lowest BCUT2D eigenvalue weighted by molar-refractivity contribution is 0.386. The topological polar surface area (TPSA) is 81.8 Å². The van der Waals surface area contributed by atoms with Crippen molar-refractivity contribution >= 4 is 11.8 Å². The van der Waals surface area contributed by atoms with Crippen LogP contribution in [0.15, 0.2) is 30.9 Å². The molecule has 2 saturated heterocycles. The molecule has 2 aromatic rings. The largest absolute Gasteiger partial charge is 0.349 e. The molecule has 0 amide bonds. The van der Waals surface area contributed by atoms with Crippen LogP contribution in [0.1, 0.15) is 18.5 Å². The van der Waals surface area contributed by atoms with E-state index in [-0.39, 0.29) is 0 Å². The Hall–Kier alpha value is -2.75. The summed E-state index contributed by atoms with van der Waals surface area (Å²) in [7, 11) is 0. The molecule has 0 aliphatic carbocycles. The number of nitriles is 1. The van der Waals surface area contributed by atoms with Gasteiger partial charge in [0.15, 0.2) is 11.5 Å². The summed E-state index contributed by atoms with van der Waals surface area (Å²) in [5, 5.41) is 9.30. The summed E-state index contributed by atoms with van der Waals surface area (Å²) in [5.41, 5.74) is 0.404. The Balaban J connectivity index is 1.61. The number of anilines is 2. The van der Waals surface area contributed by atoms with Crippen LogP contribution in [0.5, 0.6) is 0 Å². The monoisotopic (exact) mass is 307 g/mol. The molecule has 4 rings (SSSR count). The predicted octanol–water partition coefficient (Wildman–Crippen LogP) is 1.24. The van der Waals surface area contributed by atoms with Gasteiger partial charge in [0.25, 0.3) is 0 Å². The molecule has 0 aromatic carbocycles. The van der Waals surface area contributed by atoms with Crippen molar-refractivity contribution < 1.29 is 0 Å². The molecule has 2 unspecified atom stereocenters. The van der Waals surface area contributed by atoms with Crippen LogP contribution in [0, 0.1) is 17.2 Å². The minimum absolute atomic E-state index is 0.330. The number of rotatable bonds is 2. The zero-order valence-corrected chi connectivity index (χ0v) is 12.7. The second kappa shape index (κ2) is 5.80. The van der Waals surface area contributed by atoms with Crippen molar-refractivity contribution in [1.82, 2.24) is 19.9 Å². The Morgan fingerprint density at radius 2 is 1.78 bits per heavy atom. The lowest BCUT2D eigenvalue weighted by atomic mass is 9.92. The number of nitrogens with zero attached hydrogens (tertiary/aromatic N) is 7. The third-order valence-corrected chi connectivity index (χ3v) is 4.75. The highest BCUT2D eigenvalue weighted by molar-refractivity contribution is 5.52. The van der Waals surface area contributed by atoms with Crippen LogP contribution in [0.3, 0.4) is 0 Å². The maximum absolute atomic E-state index is 9.30. The first-order valence-electron chi connectivity index (χ1n) is 7.86. The van der Waals surface area contributed by atoms with E-state index >= 15 is 0 Å². The van der Waals surface area contributed by atoms with Crippen LogP contribution < -0.4 is 9.80 Å². The molecule has 0 saturated carbocycles. The van der Waals surface area contributed by atoms with Gasteiger partial charge in [-0.1, -0.05) is 0 Å². The fraction of sp³-hybridized carbons (Fsp3) is 0.438. The maximum atomic E-state index is 9.30. The summed E-state index contributed by atoms with van der Waals surface area (Å²) in [4.78, 5) is 21.8. The van der Waals surface area contributed by atoms with Gasteiger partial charge in [-0.25, -0.2) is 19.9 Å². The van der Waals surface area contributed by atoms with Crippen molar-refractivity contribution in [1.29, 1.82) is 5.26 Å². The molecule has 0 N–H and O–H groups in total. The number of hydrogen-bond donors (Lipinski definition) is 0. The second-order valence-corrected chi connectivity index (χ2v) is 5.93. The average molecular weight is 307 g/mol. The molecule has 0 radical (unpaired) electrons. The first-order chi connectivity index (χ1) is 11.4. The van der Waals surface area contributed by atoms with Gasteiger partial charge >= 0.3 is 0 Å². The van der Waals surface area contributed by atoms with Crippen molar-refractivity contribution in [2.75, 3.05) is 29.4 Å². The normalized spacial score (nSPS) is 23.4. The third kappa shape index (κ3) is 2.46. The van der Waals surface area contributed by atoms with Gasteiger partial charge < -0.3 is 9.80 Å². The molecule has 0 spiro atoms. The molecule has 2 atom stereocenters. The van der Waals surface area contributed by atoms with E-state index < -0.39 is 0 Å². The zero-order chi connectivity index (χ0) is 15.6. The summed E-state index contributed by atoms with van der Waals surface area (Å²) in [6.07, 6.45) is 9.02. The van der Waals surface area contributed by atoms with E-state index in [0.717, 1.165) is 38.4 Å². The van der Waals surface area contributed by atoms with Crippen LogP contribution in [0.2, 0.25) is 0 Å². The standard InChI is InChI=1S/C16H17N7/c17-10-13-15(19-7-6-18-13)23-9-3-12-2-8-22(11-14(12)23)16-20-4-1-5-21-16/h1,4-7,12,14H,2-3,8-9,11H2. The SMILES string of the molecule is N#Cc1nccnc1N1CCC2CCN(c3ncccn3)CC21. The number of fused-ring (bicyclic) bond motifs is 1. The van der Waals surface area contributed by atoms with E-state index in [1.165, 1.54) is 0 Å². The van der Waals surface area contributed by atoms with Gasteiger partial charge in [-0.05, 0) is 24.8 Å². The summed E-state index contributed by atoms with van der Waals surface area (Å²) in [5.74, 6) is 2.11. The van der Waals surface area contributed by atoms with Crippen molar-refractivity contribution in [2.24, 2.45) is 5.92 Å². The van der Waals surface area contributed by atoms with Crippen molar-refractivity contribution in [2.45, 2.75) is 18.9 Å². The fourth-order valence-corrected chi connectivity index (χ4v) is 3.66. The highest BCUT2D eigenvalue weighted by atomic mass is 15.3.